The summed E-state index contributed by atoms with van der Waals surface area (Å²) in [5.74, 6) is 0. The molecule has 0 spiro atoms. The first-order valence-corrected chi connectivity index (χ1v) is 4.59. The Morgan fingerprint density at radius 1 is 0.692 bits per heavy atom. The van der Waals surface area contributed by atoms with Crippen molar-refractivity contribution in [1.82, 2.24) is 0 Å². The Labute approximate surface area is 117 Å². The Balaban J connectivity index is -0.0000000533. The zero-order valence-corrected chi connectivity index (χ0v) is 5.70. The van der Waals surface area contributed by atoms with Crippen molar-refractivity contribution in [2.75, 3.05) is 0 Å². The van der Waals surface area contributed by atoms with E-state index in [0.29, 0.717) is 0 Å². The molecule has 0 aliphatic heterocycles. The normalized spacial score (nSPS) is 9.54. The van der Waals surface area contributed by atoms with E-state index in [1.165, 1.54) is 0 Å². The minimum absolute atomic E-state index is 0. The molecule has 4 N–H and O–H groups in total. The van der Waals surface area contributed by atoms with Crippen LogP contribution in [0.1, 0.15) is 0 Å². The van der Waals surface area contributed by atoms with Crippen molar-refractivity contribution in [3.63, 3.8) is 0 Å². The van der Waals surface area contributed by atoms with E-state index in [9.17, 15) is 9.13 Å². The minimum Gasteiger partial charge on any atom is -0.302 e. The highest BCUT2D eigenvalue weighted by molar-refractivity contribution is 7.60. The SMILES string of the molecule is O=P(O)(O)OP(=O)(O)O.[AlH3].[AlH3].[AlH3].[AlH3]. The minimum atomic E-state index is -5.05. The van der Waals surface area contributed by atoms with Crippen molar-refractivity contribution in [2.24, 2.45) is 0 Å². The molecule has 13 heteroatoms. The second kappa shape index (κ2) is 10.9. The summed E-state index contributed by atoms with van der Waals surface area (Å²) < 4.78 is 22.2. The fourth-order valence-electron chi connectivity index (χ4n) is 0.139. The highest BCUT2D eigenvalue weighted by atomic mass is 31.3. The smallest absolute Gasteiger partial charge is 0.302 e. The van der Waals surface area contributed by atoms with Crippen LogP contribution in [0.3, 0.4) is 0 Å². The van der Waals surface area contributed by atoms with Gasteiger partial charge in [0.05, 0.1) is 0 Å². The summed E-state index contributed by atoms with van der Waals surface area (Å²) >= 11 is 0. The molecule has 0 saturated carbocycles. The van der Waals surface area contributed by atoms with Crippen molar-refractivity contribution < 1.29 is 33.0 Å². The van der Waals surface area contributed by atoms with Gasteiger partial charge in [0.2, 0.25) is 0 Å². The van der Waals surface area contributed by atoms with E-state index < -0.39 is 15.6 Å². The Kier molecular flexibility index (Phi) is 24.7. The van der Waals surface area contributed by atoms with Gasteiger partial charge in [0.25, 0.3) is 0 Å². The number of hydrogen-bond donors (Lipinski definition) is 4. The second-order valence-electron chi connectivity index (χ2n) is 1.06. The third kappa shape index (κ3) is 31.4. The zero-order valence-electron chi connectivity index (χ0n) is 3.91. The van der Waals surface area contributed by atoms with E-state index in [4.69, 9.17) is 19.6 Å². The molecule has 0 aromatic heterocycles. The van der Waals surface area contributed by atoms with Gasteiger partial charge < -0.3 is 19.6 Å². The van der Waals surface area contributed by atoms with Crippen LogP contribution in [0, 0.1) is 0 Å². The summed E-state index contributed by atoms with van der Waals surface area (Å²) in [6.45, 7) is 0. The molecule has 0 unspecified atom stereocenters. The maximum absolute atomic E-state index is 9.63. The standard InChI is InChI=1S/4Al.H4O7P2.12H/c;;;;1-8(2,3)7-9(4,5)6;;;;;;;;;;;;/h;;;;(H2,1,2,3)(H2,4,5,6);;;;;;;;;;;;. The fraction of sp³-hybridized carbons (Fsp3) is 0. The zero-order chi connectivity index (χ0) is 7.71. The van der Waals surface area contributed by atoms with Gasteiger partial charge in [-0.3, -0.25) is 0 Å². The van der Waals surface area contributed by atoms with Gasteiger partial charge in [-0.15, -0.1) is 0 Å². The van der Waals surface area contributed by atoms with E-state index in [0.717, 1.165) is 0 Å². The largest absolute Gasteiger partial charge is 0.478 e. The van der Waals surface area contributed by atoms with Crippen LogP contribution in [0.15, 0.2) is 0 Å². The maximum Gasteiger partial charge on any atom is 0.478 e. The molecule has 13 heavy (non-hydrogen) atoms. The molecule has 0 amide bonds. The molecule has 0 aliphatic carbocycles. The molecule has 0 fully saturated rings. The molecule has 0 aromatic rings. The van der Waals surface area contributed by atoms with E-state index in [1.807, 2.05) is 0 Å². The highest BCUT2D eigenvalue weighted by Gasteiger charge is 2.27. The molecule has 0 rings (SSSR count). The van der Waals surface area contributed by atoms with Crippen molar-refractivity contribution in [3.8, 4) is 0 Å². The van der Waals surface area contributed by atoms with Crippen LogP contribution in [0.5, 0.6) is 0 Å². The van der Waals surface area contributed by atoms with E-state index in [-0.39, 0.29) is 69.4 Å². The summed E-state index contributed by atoms with van der Waals surface area (Å²) in [4.78, 5) is 31.0. The lowest BCUT2D eigenvalue weighted by Gasteiger charge is -2.03. The number of phosphoric acid groups is 2. The van der Waals surface area contributed by atoms with E-state index >= 15 is 0 Å². The lowest BCUT2D eigenvalue weighted by molar-refractivity contribution is 0.225. The first kappa shape index (κ1) is 29.5. The molecule has 0 saturated heterocycles. The summed E-state index contributed by atoms with van der Waals surface area (Å²) in [5, 5.41) is 0. The topological polar surface area (TPSA) is 124 Å². The van der Waals surface area contributed by atoms with E-state index in [1.54, 1.807) is 0 Å². The third-order valence-electron chi connectivity index (χ3n) is 0.213. The average Bonchev–Trinajstić information content (AvgIpc) is 1.14. The quantitative estimate of drug-likeness (QED) is 0.296. The van der Waals surface area contributed by atoms with Gasteiger partial charge in [-0.1, -0.05) is 0 Å². The van der Waals surface area contributed by atoms with Crippen LogP contribution >= 0.6 is 15.6 Å². The van der Waals surface area contributed by atoms with Crippen molar-refractivity contribution >= 4 is 85.1 Å². The molecule has 7 nitrogen and oxygen atoms in total. The average molecular weight is 298 g/mol. The maximum atomic E-state index is 9.63. The van der Waals surface area contributed by atoms with Crippen LogP contribution in [-0.4, -0.2) is 89.0 Å². The van der Waals surface area contributed by atoms with Crippen LogP contribution in [-0.2, 0) is 13.4 Å². The molecular weight excluding hydrogens is 282 g/mol. The highest BCUT2D eigenvalue weighted by Crippen LogP contribution is 2.53. The van der Waals surface area contributed by atoms with Crippen molar-refractivity contribution in [2.45, 2.75) is 0 Å². The van der Waals surface area contributed by atoms with Gasteiger partial charge in [0.15, 0.2) is 69.4 Å². The summed E-state index contributed by atoms with van der Waals surface area (Å²) in [5.41, 5.74) is 0. The molecule has 0 heterocycles. The predicted molar refractivity (Wildman–Crippen MR) is 64.9 cm³/mol. The number of rotatable bonds is 2. The van der Waals surface area contributed by atoms with Gasteiger partial charge in [0, 0.05) is 0 Å². The summed E-state index contributed by atoms with van der Waals surface area (Å²) in [6.07, 6.45) is 0. The Morgan fingerprint density at radius 2 is 0.846 bits per heavy atom. The molecular formula is H16Al4O7P2. The molecule has 0 aromatic carbocycles. The van der Waals surface area contributed by atoms with Gasteiger partial charge >= 0.3 is 15.6 Å². The van der Waals surface area contributed by atoms with Gasteiger partial charge in [-0.25, -0.2) is 9.13 Å². The first-order valence-electron chi connectivity index (χ1n) is 1.53. The molecule has 80 valence electrons. The lowest BCUT2D eigenvalue weighted by atomic mass is 15.7. The molecule has 0 bridgehead atoms. The first-order chi connectivity index (χ1) is 3.71. The Hall–Kier alpha value is 2.39. The van der Waals surface area contributed by atoms with Crippen LogP contribution in [0.4, 0.5) is 0 Å². The Bertz CT molecular complexity index is 159. The van der Waals surface area contributed by atoms with Crippen LogP contribution < -0.4 is 0 Å². The second-order valence-corrected chi connectivity index (χ2v) is 3.68. The van der Waals surface area contributed by atoms with Crippen molar-refractivity contribution in [3.05, 3.63) is 0 Å². The summed E-state index contributed by atoms with van der Waals surface area (Å²) in [6, 6.07) is 0. The lowest BCUT2D eigenvalue weighted by Crippen LogP contribution is -1.84. The third-order valence-corrected chi connectivity index (χ3v) is 1.91. The van der Waals surface area contributed by atoms with E-state index in [2.05, 4.69) is 4.31 Å². The molecule has 0 aliphatic rings. The molecule has 0 radical (unpaired) electrons. The summed E-state index contributed by atoms with van der Waals surface area (Å²) in [7, 11) is -10.1. The monoisotopic (exact) mass is 298 g/mol. The predicted octanol–water partition coefficient (Wildman–Crippen LogP) is -5.55. The van der Waals surface area contributed by atoms with Gasteiger partial charge in [-0.2, -0.15) is 4.31 Å². The van der Waals surface area contributed by atoms with Crippen LogP contribution in [0.2, 0.25) is 0 Å². The van der Waals surface area contributed by atoms with Crippen molar-refractivity contribution in [1.29, 1.82) is 0 Å². The van der Waals surface area contributed by atoms with Gasteiger partial charge in [0.1, 0.15) is 0 Å². The number of hydrogen-bond acceptors (Lipinski definition) is 3. The van der Waals surface area contributed by atoms with Gasteiger partial charge in [-0.05, 0) is 0 Å². The Morgan fingerprint density at radius 3 is 0.846 bits per heavy atom. The molecule has 0 atom stereocenters. The van der Waals surface area contributed by atoms with Crippen LogP contribution in [0.25, 0.3) is 0 Å². The fourth-order valence-corrected chi connectivity index (χ4v) is 1.25.